The zero-order valence-corrected chi connectivity index (χ0v) is 12.4. The van der Waals surface area contributed by atoms with Crippen molar-refractivity contribution in [1.82, 2.24) is 10.6 Å². The Bertz CT molecular complexity index is 360. The number of ether oxygens (including phenoxy) is 1. The van der Waals surface area contributed by atoms with Crippen LogP contribution in [0.3, 0.4) is 0 Å². The van der Waals surface area contributed by atoms with Gasteiger partial charge in [0.25, 0.3) is 0 Å². The first-order valence-electron chi connectivity index (χ1n) is 6.09. The smallest absolute Gasteiger partial charge is 0.191 e. The molecule has 18 heavy (non-hydrogen) atoms. The molecule has 0 bridgehead atoms. The quantitative estimate of drug-likeness (QED) is 0.612. The van der Waals surface area contributed by atoms with E-state index in [-0.39, 0.29) is 5.60 Å². The summed E-state index contributed by atoms with van der Waals surface area (Å²) >= 11 is 1.78. The van der Waals surface area contributed by atoms with Crippen LogP contribution in [-0.2, 0) is 11.2 Å². The van der Waals surface area contributed by atoms with Crippen molar-refractivity contribution in [2.45, 2.75) is 25.9 Å². The van der Waals surface area contributed by atoms with Gasteiger partial charge in [-0.2, -0.15) is 0 Å². The SMILES string of the molecule is CN=C(NCCc1cccs1)NCC(C)(C)OC. The van der Waals surface area contributed by atoms with Crippen molar-refractivity contribution < 1.29 is 4.74 Å². The summed E-state index contributed by atoms with van der Waals surface area (Å²) in [6, 6.07) is 4.23. The lowest BCUT2D eigenvalue weighted by atomic mass is 10.1. The van der Waals surface area contributed by atoms with Crippen LogP contribution in [0, 0.1) is 0 Å². The van der Waals surface area contributed by atoms with E-state index >= 15 is 0 Å². The number of methoxy groups -OCH3 is 1. The molecule has 1 aromatic rings. The van der Waals surface area contributed by atoms with Crippen molar-refractivity contribution in [2.75, 3.05) is 27.2 Å². The molecule has 0 fully saturated rings. The maximum atomic E-state index is 5.35. The Labute approximate surface area is 113 Å². The summed E-state index contributed by atoms with van der Waals surface area (Å²) in [5.74, 6) is 0.816. The van der Waals surface area contributed by atoms with Crippen molar-refractivity contribution in [1.29, 1.82) is 0 Å². The van der Waals surface area contributed by atoms with E-state index in [0.29, 0.717) is 0 Å². The number of hydrogen-bond acceptors (Lipinski definition) is 3. The molecular weight excluding hydrogens is 246 g/mol. The Morgan fingerprint density at radius 2 is 2.22 bits per heavy atom. The van der Waals surface area contributed by atoms with Gasteiger partial charge in [-0.15, -0.1) is 11.3 Å². The number of aliphatic imine (C=N–C) groups is 1. The number of rotatable bonds is 6. The van der Waals surface area contributed by atoms with Gasteiger partial charge in [-0.05, 0) is 31.7 Å². The van der Waals surface area contributed by atoms with Gasteiger partial charge in [0.05, 0.1) is 5.60 Å². The number of nitrogens with zero attached hydrogens (tertiary/aromatic N) is 1. The maximum Gasteiger partial charge on any atom is 0.191 e. The van der Waals surface area contributed by atoms with Gasteiger partial charge in [0.2, 0.25) is 0 Å². The van der Waals surface area contributed by atoms with E-state index in [9.17, 15) is 0 Å². The van der Waals surface area contributed by atoms with E-state index in [4.69, 9.17) is 4.74 Å². The van der Waals surface area contributed by atoms with Crippen molar-refractivity contribution >= 4 is 17.3 Å². The van der Waals surface area contributed by atoms with E-state index in [1.54, 1.807) is 25.5 Å². The van der Waals surface area contributed by atoms with Crippen molar-refractivity contribution in [3.05, 3.63) is 22.4 Å². The van der Waals surface area contributed by atoms with Crippen LogP contribution in [0.2, 0.25) is 0 Å². The van der Waals surface area contributed by atoms with E-state index in [0.717, 1.165) is 25.5 Å². The summed E-state index contributed by atoms with van der Waals surface area (Å²) in [7, 11) is 3.49. The van der Waals surface area contributed by atoms with E-state index in [2.05, 4.69) is 33.1 Å². The van der Waals surface area contributed by atoms with Crippen molar-refractivity contribution in [3.63, 3.8) is 0 Å². The molecular formula is C13H23N3OS. The lowest BCUT2D eigenvalue weighted by Gasteiger charge is -2.24. The highest BCUT2D eigenvalue weighted by Gasteiger charge is 2.16. The van der Waals surface area contributed by atoms with Gasteiger partial charge in [-0.25, -0.2) is 0 Å². The number of nitrogens with one attached hydrogen (secondary N) is 2. The second-order valence-electron chi connectivity index (χ2n) is 4.65. The zero-order chi connectivity index (χ0) is 13.4. The number of guanidine groups is 1. The third-order valence-corrected chi connectivity index (χ3v) is 3.64. The Hall–Kier alpha value is -1.07. The summed E-state index contributed by atoms with van der Waals surface area (Å²) in [4.78, 5) is 5.57. The van der Waals surface area contributed by atoms with Crippen molar-refractivity contribution in [2.24, 2.45) is 4.99 Å². The Morgan fingerprint density at radius 1 is 1.44 bits per heavy atom. The molecule has 2 N–H and O–H groups in total. The minimum Gasteiger partial charge on any atom is -0.377 e. The first-order valence-corrected chi connectivity index (χ1v) is 6.97. The molecule has 0 saturated carbocycles. The maximum absolute atomic E-state index is 5.35. The van der Waals surface area contributed by atoms with E-state index in [1.165, 1.54) is 4.88 Å². The Morgan fingerprint density at radius 3 is 2.78 bits per heavy atom. The minimum absolute atomic E-state index is 0.189. The zero-order valence-electron chi connectivity index (χ0n) is 11.6. The van der Waals surface area contributed by atoms with E-state index in [1.807, 2.05) is 13.8 Å². The summed E-state index contributed by atoms with van der Waals surface area (Å²) in [5, 5.41) is 8.65. The Balaban J connectivity index is 2.26. The van der Waals surface area contributed by atoms with Crippen molar-refractivity contribution in [3.8, 4) is 0 Å². The molecule has 0 atom stereocenters. The molecule has 1 rings (SSSR count). The number of thiophene rings is 1. The second kappa shape index (κ2) is 7.38. The standard InChI is InChI=1S/C13H23N3OS/c1-13(2,17-4)10-16-12(14-3)15-8-7-11-6-5-9-18-11/h5-6,9H,7-8,10H2,1-4H3,(H2,14,15,16). The predicted octanol–water partition coefficient (Wildman–Crippen LogP) is 1.88. The first-order chi connectivity index (χ1) is 8.57. The van der Waals surface area contributed by atoms with Crippen LogP contribution >= 0.6 is 11.3 Å². The largest absolute Gasteiger partial charge is 0.377 e. The van der Waals surface area contributed by atoms with Gasteiger partial charge in [0.1, 0.15) is 0 Å². The van der Waals surface area contributed by atoms with Crippen LogP contribution < -0.4 is 10.6 Å². The topological polar surface area (TPSA) is 45.7 Å². The second-order valence-corrected chi connectivity index (χ2v) is 5.68. The van der Waals surface area contributed by atoms with Gasteiger partial charge < -0.3 is 15.4 Å². The molecule has 102 valence electrons. The highest BCUT2D eigenvalue weighted by atomic mass is 32.1. The molecule has 0 aliphatic heterocycles. The summed E-state index contributed by atoms with van der Waals surface area (Å²) < 4.78 is 5.35. The molecule has 0 amide bonds. The molecule has 0 aromatic carbocycles. The molecule has 0 unspecified atom stereocenters. The fourth-order valence-corrected chi connectivity index (χ4v) is 2.06. The van der Waals surface area contributed by atoms with Gasteiger partial charge in [0.15, 0.2) is 5.96 Å². The van der Waals surface area contributed by atoms with Crippen LogP contribution in [-0.4, -0.2) is 38.8 Å². The average Bonchev–Trinajstić information content (AvgIpc) is 2.86. The third-order valence-electron chi connectivity index (χ3n) is 2.70. The lowest BCUT2D eigenvalue weighted by molar-refractivity contribution is 0.0268. The van der Waals surface area contributed by atoms with Gasteiger partial charge in [0, 0.05) is 32.1 Å². The van der Waals surface area contributed by atoms with Crippen LogP contribution in [0.25, 0.3) is 0 Å². The minimum atomic E-state index is -0.189. The highest BCUT2D eigenvalue weighted by Crippen LogP contribution is 2.08. The fraction of sp³-hybridized carbons (Fsp3) is 0.615. The fourth-order valence-electron chi connectivity index (χ4n) is 1.35. The summed E-state index contributed by atoms with van der Waals surface area (Å²) in [6.45, 7) is 5.69. The average molecular weight is 269 g/mol. The predicted molar refractivity (Wildman–Crippen MR) is 78.5 cm³/mol. The van der Waals surface area contributed by atoms with E-state index < -0.39 is 0 Å². The molecule has 0 radical (unpaired) electrons. The third kappa shape index (κ3) is 5.51. The highest BCUT2D eigenvalue weighted by molar-refractivity contribution is 7.09. The van der Waals surface area contributed by atoms with Crippen LogP contribution in [0.4, 0.5) is 0 Å². The summed E-state index contributed by atoms with van der Waals surface area (Å²) in [5.41, 5.74) is -0.189. The molecule has 0 aliphatic rings. The van der Waals surface area contributed by atoms with Crippen LogP contribution in [0.15, 0.2) is 22.5 Å². The van der Waals surface area contributed by atoms with Gasteiger partial charge in [-0.3, -0.25) is 4.99 Å². The summed E-state index contributed by atoms with van der Waals surface area (Å²) in [6.07, 6.45) is 1.02. The molecule has 0 saturated heterocycles. The molecule has 1 aromatic heterocycles. The normalized spacial score (nSPS) is 12.6. The first kappa shape index (κ1) is 15.0. The van der Waals surface area contributed by atoms with Crippen LogP contribution in [0.1, 0.15) is 18.7 Å². The molecule has 0 aliphatic carbocycles. The number of hydrogen-bond donors (Lipinski definition) is 2. The van der Waals surface area contributed by atoms with Crippen LogP contribution in [0.5, 0.6) is 0 Å². The van der Waals surface area contributed by atoms with Gasteiger partial charge in [-0.1, -0.05) is 6.07 Å². The molecule has 0 spiro atoms. The molecule has 4 nitrogen and oxygen atoms in total. The monoisotopic (exact) mass is 269 g/mol. The lowest BCUT2D eigenvalue weighted by Crippen LogP contribution is -2.45. The molecule has 5 heteroatoms. The Kier molecular flexibility index (Phi) is 6.15. The molecule has 1 heterocycles. The van der Waals surface area contributed by atoms with Gasteiger partial charge >= 0.3 is 0 Å².